The van der Waals surface area contributed by atoms with Gasteiger partial charge in [-0.3, -0.25) is 34.2 Å². The zero-order valence-electron chi connectivity index (χ0n) is 26.6. The molecule has 2 aliphatic heterocycles. The van der Waals surface area contributed by atoms with E-state index in [1.165, 1.54) is 18.2 Å². The predicted octanol–water partition coefficient (Wildman–Crippen LogP) is 1.33. The van der Waals surface area contributed by atoms with Gasteiger partial charge in [0.25, 0.3) is 17.7 Å². The van der Waals surface area contributed by atoms with E-state index >= 15 is 0 Å². The number of hydrogen-bond donors (Lipinski definition) is 3. The number of nitrogens with zero attached hydrogens (tertiary/aromatic N) is 1. The van der Waals surface area contributed by atoms with E-state index in [1.54, 1.807) is 20.8 Å². The molecule has 1 fully saturated rings. The number of carbonyl (C=O) groups excluding carboxylic acids is 6. The van der Waals surface area contributed by atoms with Crippen molar-refractivity contribution in [2.24, 2.45) is 0 Å². The fourth-order valence-electron chi connectivity index (χ4n) is 4.61. The van der Waals surface area contributed by atoms with E-state index in [0.29, 0.717) is 72.0 Å². The molecule has 3 N–H and O–H groups in total. The molecular weight excluding hydrogens is 604 g/mol. The van der Waals surface area contributed by atoms with Gasteiger partial charge >= 0.3 is 6.09 Å². The minimum absolute atomic E-state index is 0.0153. The molecule has 0 bridgehead atoms. The number of ether oxygens (including phenoxy) is 5. The van der Waals surface area contributed by atoms with E-state index in [2.05, 4.69) is 16.0 Å². The number of imide groups is 2. The van der Waals surface area contributed by atoms with Crippen LogP contribution >= 0.6 is 0 Å². The molecule has 254 valence electrons. The van der Waals surface area contributed by atoms with Gasteiger partial charge in [0.1, 0.15) is 17.4 Å². The number of benzene rings is 1. The van der Waals surface area contributed by atoms with E-state index in [-0.39, 0.29) is 36.3 Å². The molecule has 0 aromatic heterocycles. The highest BCUT2D eigenvalue weighted by atomic mass is 16.6. The van der Waals surface area contributed by atoms with E-state index in [1.807, 2.05) is 0 Å². The average molecular weight is 649 g/mol. The lowest BCUT2D eigenvalue weighted by Gasteiger charge is -2.23. The van der Waals surface area contributed by atoms with Gasteiger partial charge in [-0.1, -0.05) is 6.07 Å². The number of alkyl carbamates (subject to hydrolysis) is 1. The molecule has 2 aliphatic rings. The van der Waals surface area contributed by atoms with Crippen LogP contribution in [0.2, 0.25) is 0 Å². The van der Waals surface area contributed by atoms with Crippen molar-refractivity contribution in [3.8, 4) is 5.75 Å². The normalized spacial score (nSPS) is 16.5. The Labute approximate surface area is 267 Å². The van der Waals surface area contributed by atoms with Crippen LogP contribution in [0.15, 0.2) is 18.2 Å². The van der Waals surface area contributed by atoms with Crippen molar-refractivity contribution in [1.82, 2.24) is 20.9 Å². The van der Waals surface area contributed by atoms with Gasteiger partial charge in [0.05, 0.1) is 37.6 Å². The number of nitrogens with one attached hydrogen (secondary N) is 3. The zero-order chi connectivity index (χ0) is 33.5. The molecule has 6 amide bonds. The molecule has 15 nitrogen and oxygen atoms in total. The van der Waals surface area contributed by atoms with Gasteiger partial charge in [0.15, 0.2) is 6.61 Å². The summed E-state index contributed by atoms with van der Waals surface area (Å²) in [7, 11) is 0. The number of amides is 6. The third-order valence-electron chi connectivity index (χ3n) is 6.69. The largest absolute Gasteiger partial charge is 0.483 e. The maximum atomic E-state index is 13.2. The van der Waals surface area contributed by atoms with Crippen LogP contribution in [0.1, 0.15) is 73.6 Å². The second-order valence-electron chi connectivity index (χ2n) is 11.6. The van der Waals surface area contributed by atoms with Crippen LogP contribution in [0.4, 0.5) is 4.79 Å². The van der Waals surface area contributed by atoms with Gasteiger partial charge in [0, 0.05) is 32.7 Å². The molecule has 3 rings (SSSR count). The Morgan fingerprint density at radius 2 is 1.52 bits per heavy atom. The number of carbonyl (C=O) groups is 6. The van der Waals surface area contributed by atoms with Gasteiger partial charge in [0.2, 0.25) is 11.8 Å². The van der Waals surface area contributed by atoms with Crippen molar-refractivity contribution in [1.29, 1.82) is 0 Å². The third-order valence-corrected chi connectivity index (χ3v) is 6.69. The van der Waals surface area contributed by atoms with Crippen LogP contribution < -0.4 is 20.7 Å². The molecule has 0 unspecified atom stereocenters. The van der Waals surface area contributed by atoms with Crippen LogP contribution in [-0.2, 0) is 33.3 Å². The summed E-state index contributed by atoms with van der Waals surface area (Å²) in [5.41, 5.74) is -0.469. The van der Waals surface area contributed by atoms with Crippen LogP contribution in [-0.4, -0.2) is 112 Å². The van der Waals surface area contributed by atoms with Gasteiger partial charge in [-0.2, -0.15) is 0 Å². The van der Waals surface area contributed by atoms with E-state index in [4.69, 9.17) is 23.7 Å². The maximum Gasteiger partial charge on any atom is 0.407 e. The zero-order valence-corrected chi connectivity index (χ0v) is 26.6. The highest BCUT2D eigenvalue weighted by Crippen LogP contribution is 2.33. The van der Waals surface area contributed by atoms with Gasteiger partial charge in [-0.15, -0.1) is 0 Å². The Hall–Kier alpha value is -4.08. The van der Waals surface area contributed by atoms with Gasteiger partial charge in [-0.05, 0) is 58.6 Å². The summed E-state index contributed by atoms with van der Waals surface area (Å²) in [5, 5.41) is 7.58. The topological polar surface area (TPSA) is 188 Å². The van der Waals surface area contributed by atoms with E-state index < -0.39 is 47.3 Å². The summed E-state index contributed by atoms with van der Waals surface area (Å²) >= 11 is 0. The number of rotatable bonds is 18. The highest BCUT2D eigenvalue weighted by Gasteiger charge is 2.45. The van der Waals surface area contributed by atoms with Crippen molar-refractivity contribution >= 4 is 35.6 Å². The standard InChI is InChI=1S/C31H44N4O11/c1-31(2,3)46-30(41)33-13-7-15-43-17-19-44-18-16-42-14-6-12-32-25(37)20-45-23-10-4-8-21-26(23)29(40)35(28(21)39)22-9-5-11-24(36)34-27(22)38/h4,8,10,22H,5-7,9,11-20H2,1-3H3,(H,32,37)(H,33,41)(H,34,36,38)/t22-/m0/s1. The second-order valence-corrected chi connectivity index (χ2v) is 11.6. The fraction of sp³-hybridized carbons (Fsp3) is 0.613. The lowest BCUT2D eigenvalue weighted by atomic mass is 10.1. The summed E-state index contributed by atoms with van der Waals surface area (Å²) < 4.78 is 27.1. The predicted molar refractivity (Wildman–Crippen MR) is 162 cm³/mol. The average Bonchev–Trinajstić information content (AvgIpc) is 3.12. The van der Waals surface area contributed by atoms with Crippen molar-refractivity contribution in [2.75, 3.05) is 59.3 Å². The summed E-state index contributed by atoms with van der Waals surface area (Å²) in [6.45, 7) is 8.35. The Bertz CT molecular complexity index is 1250. The quantitative estimate of drug-likeness (QED) is 0.154. The van der Waals surface area contributed by atoms with Gasteiger partial charge in [-0.25, -0.2) is 4.79 Å². The lowest BCUT2D eigenvalue weighted by Crippen LogP contribution is -2.49. The first-order valence-corrected chi connectivity index (χ1v) is 15.4. The molecule has 15 heteroatoms. The van der Waals surface area contributed by atoms with E-state index in [9.17, 15) is 28.8 Å². The molecular formula is C31H44N4O11. The Morgan fingerprint density at radius 3 is 2.17 bits per heavy atom. The van der Waals surface area contributed by atoms with Crippen LogP contribution in [0.25, 0.3) is 0 Å². The Morgan fingerprint density at radius 1 is 0.891 bits per heavy atom. The van der Waals surface area contributed by atoms with Crippen molar-refractivity contribution in [3.05, 3.63) is 29.3 Å². The number of fused-ring (bicyclic) bond motifs is 1. The maximum absolute atomic E-state index is 13.2. The highest BCUT2D eigenvalue weighted by molar-refractivity contribution is 6.24. The summed E-state index contributed by atoms with van der Waals surface area (Å²) in [6, 6.07) is 3.36. The van der Waals surface area contributed by atoms with Crippen LogP contribution in [0, 0.1) is 0 Å². The second kappa shape index (κ2) is 18.2. The molecule has 0 radical (unpaired) electrons. The molecule has 0 spiro atoms. The smallest absolute Gasteiger partial charge is 0.407 e. The lowest BCUT2D eigenvalue weighted by molar-refractivity contribution is -0.131. The first-order chi connectivity index (χ1) is 22.0. The molecule has 0 aliphatic carbocycles. The Kier molecular flexibility index (Phi) is 14.4. The summed E-state index contributed by atoms with van der Waals surface area (Å²) in [4.78, 5) is 75.1. The first-order valence-electron chi connectivity index (χ1n) is 15.4. The van der Waals surface area contributed by atoms with Crippen LogP contribution in [0.3, 0.4) is 0 Å². The monoisotopic (exact) mass is 648 g/mol. The third kappa shape index (κ3) is 11.7. The summed E-state index contributed by atoms with van der Waals surface area (Å²) in [5.74, 6) is -2.86. The van der Waals surface area contributed by atoms with Crippen molar-refractivity contribution in [3.63, 3.8) is 0 Å². The molecule has 46 heavy (non-hydrogen) atoms. The molecule has 1 atom stereocenters. The minimum Gasteiger partial charge on any atom is -0.483 e. The fourth-order valence-corrected chi connectivity index (χ4v) is 4.61. The Balaban J connectivity index is 1.22. The molecule has 0 saturated carbocycles. The first kappa shape index (κ1) is 36.4. The van der Waals surface area contributed by atoms with Crippen molar-refractivity contribution < 1.29 is 52.5 Å². The minimum atomic E-state index is -1.10. The molecule has 1 aromatic rings. The van der Waals surface area contributed by atoms with Crippen LogP contribution in [0.5, 0.6) is 5.75 Å². The molecule has 1 aromatic carbocycles. The SMILES string of the molecule is CC(C)(C)OC(=O)NCCCOCCOCCOCCCNC(=O)COc1cccc2c1C(=O)N([C@H]1CCCC(=O)NC1=O)C2=O. The number of hydrogen-bond acceptors (Lipinski definition) is 11. The summed E-state index contributed by atoms with van der Waals surface area (Å²) in [6.07, 6.45) is 1.42. The van der Waals surface area contributed by atoms with E-state index in [0.717, 1.165) is 4.90 Å². The molecule has 2 heterocycles. The molecule has 1 saturated heterocycles. The van der Waals surface area contributed by atoms with Gasteiger partial charge < -0.3 is 34.3 Å². The van der Waals surface area contributed by atoms with Crippen molar-refractivity contribution in [2.45, 2.75) is 64.5 Å².